The van der Waals surface area contributed by atoms with Gasteiger partial charge in [-0.15, -0.1) is 11.6 Å². The Kier molecular flexibility index (Phi) is 4.25. The third kappa shape index (κ3) is 2.91. The molecule has 0 radical (unpaired) electrons. The maximum Gasteiger partial charge on any atom is 0.0717 e. The quantitative estimate of drug-likeness (QED) is 0.448. The van der Waals surface area contributed by atoms with Crippen molar-refractivity contribution < 1.29 is 0 Å². The number of unbranched alkanes of at least 4 members (excludes halogenated alkanes) is 1. The maximum atomic E-state index is 6.29. The summed E-state index contributed by atoms with van der Waals surface area (Å²) in [5.41, 5.74) is 1.67. The van der Waals surface area contributed by atoms with E-state index in [1.807, 2.05) is 24.3 Å². The minimum Gasteiger partial charge on any atom is -0.255 e. The summed E-state index contributed by atoms with van der Waals surface area (Å²) in [6.07, 6.45) is 3.40. The lowest BCUT2D eigenvalue weighted by Gasteiger charge is -2.01. The van der Waals surface area contributed by atoms with Crippen molar-refractivity contribution in [2.75, 3.05) is 5.88 Å². The van der Waals surface area contributed by atoms with E-state index in [-0.39, 0.29) is 0 Å². The molecule has 1 nitrogen and oxygen atoms in total. The Morgan fingerprint density at radius 2 is 2.06 bits per heavy atom. The van der Waals surface area contributed by atoms with Crippen molar-refractivity contribution in [1.29, 1.82) is 0 Å². The van der Waals surface area contributed by atoms with Crippen LogP contribution >= 0.6 is 23.2 Å². The molecule has 0 unspecified atom stereocenters. The highest BCUT2D eigenvalue weighted by atomic mass is 35.5. The Morgan fingerprint density at radius 3 is 2.88 bits per heavy atom. The molecule has 3 heteroatoms. The van der Waals surface area contributed by atoms with Gasteiger partial charge in [0.15, 0.2) is 0 Å². The van der Waals surface area contributed by atoms with E-state index in [9.17, 15) is 0 Å². The molecule has 0 spiro atoms. The number of rotatable bonds is 2. The second-order valence-electron chi connectivity index (χ2n) is 3.60. The van der Waals surface area contributed by atoms with E-state index in [1.165, 1.54) is 0 Å². The van der Waals surface area contributed by atoms with Crippen LogP contribution in [0, 0.1) is 11.8 Å². The van der Waals surface area contributed by atoms with Crippen LogP contribution in [0.1, 0.15) is 18.4 Å². The van der Waals surface area contributed by atoms with Crippen LogP contribution in [0.25, 0.3) is 10.9 Å². The van der Waals surface area contributed by atoms with Gasteiger partial charge in [0.05, 0.1) is 16.1 Å². The second-order valence-corrected chi connectivity index (χ2v) is 4.35. The largest absolute Gasteiger partial charge is 0.255 e. The van der Waals surface area contributed by atoms with Crippen molar-refractivity contribution in [2.24, 2.45) is 0 Å². The molecule has 0 aliphatic carbocycles. The number of benzene rings is 1. The molecule has 0 atom stereocenters. The smallest absolute Gasteiger partial charge is 0.0717 e. The lowest BCUT2D eigenvalue weighted by atomic mass is 10.1. The number of alkyl halides is 1. The third-order valence-corrected chi connectivity index (χ3v) is 3.04. The normalized spacial score (nSPS) is 10.0. The summed E-state index contributed by atoms with van der Waals surface area (Å²) in [6, 6.07) is 7.78. The number of hydrogen-bond donors (Lipinski definition) is 0. The highest BCUT2D eigenvalue weighted by Crippen LogP contribution is 2.24. The summed E-state index contributed by atoms with van der Waals surface area (Å²) >= 11 is 11.9. The fraction of sp³-hybridized carbons (Fsp3) is 0.214. The van der Waals surface area contributed by atoms with Crippen LogP contribution in [-0.2, 0) is 0 Å². The van der Waals surface area contributed by atoms with Gasteiger partial charge in [0.25, 0.3) is 0 Å². The Labute approximate surface area is 111 Å². The summed E-state index contributed by atoms with van der Waals surface area (Å²) in [5, 5.41) is 1.62. The number of pyridine rings is 1. The lowest BCUT2D eigenvalue weighted by Crippen LogP contribution is -1.84. The van der Waals surface area contributed by atoms with E-state index < -0.39 is 0 Å². The van der Waals surface area contributed by atoms with Crippen molar-refractivity contribution >= 4 is 34.1 Å². The minimum atomic E-state index is 0.637. The second kappa shape index (κ2) is 5.91. The van der Waals surface area contributed by atoms with Gasteiger partial charge in [0.2, 0.25) is 0 Å². The Morgan fingerprint density at radius 1 is 1.24 bits per heavy atom. The van der Waals surface area contributed by atoms with Crippen molar-refractivity contribution in [3.8, 4) is 11.8 Å². The molecule has 0 fully saturated rings. The van der Waals surface area contributed by atoms with Gasteiger partial charge >= 0.3 is 0 Å². The highest BCUT2D eigenvalue weighted by Gasteiger charge is 2.03. The van der Waals surface area contributed by atoms with Crippen molar-refractivity contribution in [3.05, 3.63) is 41.0 Å². The standard InChI is InChI=1S/C14H11Cl2N/c15-9-5-1-2-6-11-10-17-13-8-4-3-7-12(13)14(11)16/h3-4,7-8,10H,1,5,9H2. The van der Waals surface area contributed by atoms with Crippen molar-refractivity contribution in [1.82, 2.24) is 4.98 Å². The van der Waals surface area contributed by atoms with Crippen LogP contribution in [-0.4, -0.2) is 10.9 Å². The first-order valence-electron chi connectivity index (χ1n) is 5.41. The zero-order valence-electron chi connectivity index (χ0n) is 9.21. The van der Waals surface area contributed by atoms with E-state index in [1.54, 1.807) is 6.20 Å². The Bertz CT molecular complexity index is 582. The first-order chi connectivity index (χ1) is 8.33. The summed E-state index contributed by atoms with van der Waals surface area (Å²) < 4.78 is 0. The average Bonchev–Trinajstić information content (AvgIpc) is 2.37. The van der Waals surface area contributed by atoms with Gasteiger partial charge in [0, 0.05) is 23.9 Å². The third-order valence-electron chi connectivity index (χ3n) is 2.37. The molecule has 1 heterocycles. The SMILES string of the molecule is ClCCCC#Cc1cnc2ccccc2c1Cl. The molecule has 17 heavy (non-hydrogen) atoms. The molecular formula is C14H11Cl2N. The van der Waals surface area contributed by atoms with Crippen LogP contribution in [0.3, 0.4) is 0 Å². The van der Waals surface area contributed by atoms with Gasteiger partial charge in [-0.3, -0.25) is 4.98 Å². The van der Waals surface area contributed by atoms with Gasteiger partial charge in [0.1, 0.15) is 0 Å². The van der Waals surface area contributed by atoms with Gasteiger partial charge in [-0.25, -0.2) is 0 Å². The first kappa shape index (κ1) is 12.2. The van der Waals surface area contributed by atoms with Crippen LogP contribution in [0.5, 0.6) is 0 Å². The molecule has 0 aliphatic rings. The number of nitrogens with zero attached hydrogens (tertiary/aromatic N) is 1. The molecule has 2 aromatic rings. The lowest BCUT2D eigenvalue weighted by molar-refractivity contribution is 0.991. The van der Waals surface area contributed by atoms with E-state index in [0.717, 1.165) is 29.3 Å². The van der Waals surface area contributed by atoms with Gasteiger partial charge in [-0.05, 0) is 12.5 Å². The molecule has 0 saturated carbocycles. The zero-order valence-corrected chi connectivity index (χ0v) is 10.7. The van der Waals surface area contributed by atoms with Crippen LogP contribution in [0.2, 0.25) is 5.02 Å². The number of fused-ring (bicyclic) bond motifs is 1. The molecule has 86 valence electrons. The number of para-hydroxylation sites is 1. The number of aromatic nitrogens is 1. The predicted molar refractivity (Wildman–Crippen MR) is 73.6 cm³/mol. The first-order valence-corrected chi connectivity index (χ1v) is 6.32. The topological polar surface area (TPSA) is 12.9 Å². The van der Waals surface area contributed by atoms with E-state index >= 15 is 0 Å². The molecule has 0 aliphatic heterocycles. The maximum absolute atomic E-state index is 6.29. The molecule has 0 N–H and O–H groups in total. The van der Waals surface area contributed by atoms with E-state index in [4.69, 9.17) is 23.2 Å². The molecule has 0 amide bonds. The molecule has 0 bridgehead atoms. The summed E-state index contributed by atoms with van der Waals surface area (Å²) in [5.74, 6) is 6.72. The van der Waals surface area contributed by atoms with E-state index in [0.29, 0.717) is 10.9 Å². The van der Waals surface area contributed by atoms with Crippen molar-refractivity contribution in [3.63, 3.8) is 0 Å². The van der Waals surface area contributed by atoms with Crippen molar-refractivity contribution in [2.45, 2.75) is 12.8 Å². The van der Waals surface area contributed by atoms with Gasteiger partial charge < -0.3 is 0 Å². The number of hydrogen-bond acceptors (Lipinski definition) is 1. The summed E-state index contributed by atoms with van der Waals surface area (Å²) in [4.78, 5) is 4.33. The van der Waals surface area contributed by atoms with Gasteiger partial charge in [-0.2, -0.15) is 0 Å². The van der Waals surface area contributed by atoms with Gasteiger partial charge in [-0.1, -0.05) is 41.6 Å². The fourth-order valence-corrected chi connectivity index (χ4v) is 1.90. The molecular weight excluding hydrogens is 253 g/mol. The summed E-state index contributed by atoms with van der Waals surface area (Å²) in [6.45, 7) is 0. The van der Waals surface area contributed by atoms with Crippen LogP contribution in [0.4, 0.5) is 0 Å². The molecule has 0 saturated heterocycles. The predicted octanol–water partition coefficient (Wildman–Crippen LogP) is 4.26. The van der Waals surface area contributed by atoms with Crippen LogP contribution in [0.15, 0.2) is 30.5 Å². The Hall–Kier alpha value is -1.23. The molecule has 1 aromatic carbocycles. The molecule has 2 rings (SSSR count). The average molecular weight is 264 g/mol. The monoisotopic (exact) mass is 263 g/mol. The molecule has 1 aromatic heterocycles. The zero-order chi connectivity index (χ0) is 12.1. The minimum absolute atomic E-state index is 0.637. The van der Waals surface area contributed by atoms with E-state index in [2.05, 4.69) is 16.8 Å². The van der Waals surface area contributed by atoms with Crippen LogP contribution < -0.4 is 0 Å². The Balaban J connectivity index is 2.35. The fourth-order valence-electron chi connectivity index (χ4n) is 1.51. The highest BCUT2D eigenvalue weighted by molar-refractivity contribution is 6.36. The summed E-state index contributed by atoms with van der Waals surface area (Å²) in [7, 11) is 0. The number of halogens is 2.